The Hall–Kier alpha value is -2.19. The van der Waals surface area contributed by atoms with Gasteiger partial charge in [0.1, 0.15) is 0 Å². The Bertz CT molecular complexity index is 1450. The van der Waals surface area contributed by atoms with Gasteiger partial charge in [-0.3, -0.25) is 0 Å². The first-order valence-electron chi connectivity index (χ1n) is 20.4. The molecule has 0 saturated heterocycles. The van der Waals surface area contributed by atoms with E-state index in [0.717, 1.165) is 0 Å². The van der Waals surface area contributed by atoms with Gasteiger partial charge >= 0.3 is 23.9 Å². The molecule has 0 N–H and O–H groups in total. The fourth-order valence-corrected chi connectivity index (χ4v) is 7.05. The van der Waals surface area contributed by atoms with Crippen molar-refractivity contribution in [2.75, 3.05) is 0 Å². The zero-order valence-corrected chi connectivity index (χ0v) is 40.0. The predicted molar refractivity (Wildman–Crippen MR) is 237 cm³/mol. The van der Waals surface area contributed by atoms with Crippen LogP contribution in [0, 0.1) is 40.7 Å². The average molecular weight is 808 g/mol. The minimum Gasteiger partial charge on any atom is -0.196 e. The average Bonchev–Trinajstić information content (AvgIpc) is 3.24. The minimum absolute atomic E-state index is 0. The maximum Gasteiger partial charge on any atom is 2.00 e. The molecule has 0 aliphatic carbocycles. The second-order valence-corrected chi connectivity index (χ2v) is 17.0. The summed E-state index contributed by atoms with van der Waals surface area (Å²) in [5.41, 5.74) is 21.2. The molecule has 0 atom stereocenters. The zero-order valence-electron chi connectivity index (χ0n) is 37.1. The molecule has 0 saturated carbocycles. The van der Waals surface area contributed by atoms with E-state index in [1.807, 2.05) is 0 Å². The van der Waals surface area contributed by atoms with E-state index in [4.69, 9.17) is 0 Å². The molecule has 2 radical (unpaired) electrons. The van der Waals surface area contributed by atoms with E-state index in [2.05, 4.69) is 180 Å². The van der Waals surface area contributed by atoms with E-state index in [9.17, 15) is 0 Å². The molecule has 4 aromatic rings. The first kappa shape index (κ1) is 47.8. The number of unbranched alkanes of at least 4 members (excludes halogenated alkanes) is 2. The third kappa shape index (κ3) is 11.9. The third-order valence-corrected chi connectivity index (χ3v) is 11.1. The number of rotatable bonds is 10. The molecule has 0 unspecified atom stereocenters. The molecule has 52 heavy (non-hydrogen) atoms. The first-order chi connectivity index (χ1) is 23.8. The van der Waals surface area contributed by atoms with Gasteiger partial charge in [-0.05, 0) is 46.6 Å². The maximum absolute atomic E-state index is 3.96. The Balaban J connectivity index is 0.000000702. The molecule has 284 valence electrons. The van der Waals surface area contributed by atoms with Gasteiger partial charge in [-0.2, -0.15) is 27.8 Å². The minimum atomic E-state index is 0. The maximum atomic E-state index is 3.96. The molecule has 4 rings (SSSR count). The zero-order chi connectivity index (χ0) is 38.9. The summed E-state index contributed by atoms with van der Waals surface area (Å²) in [5, 5.41) is 0. The predicted octanol–water partition coefficient (Wildman–Crippen LogP) is 16.3. The van der Waals surface area contributed by atoms with E-state index in [0.29, 0.717) is 35.5 Å². The summed E-state index contributed by atoms with van der Waals surface area (Å²) < 4.78 is 0. The number of benzene rings is 3. The third-order valence-electron chi connectivity index (χ3n) is 11.1. The van der Waals surface area contributed by atoms with Crippen molar-refractivity contribution < 1.29 is 0 Å². The van der Waals surface area contributed by atoms with E-state index in [1.54, 1.807) is 0 Å². The van der Waals surface area contributed by atoms with Crippen molar-refractivity contribution in [1.82, 2.24) is 0 Å². The molecule has 4 aromatic carbocycles. The van der Waals surface area contributed by atoms with Crippen molar-refractivity contribution in [3.63, 3.8) is 0 Å². The molecule has 0 aliphatic heterocycles. The number of hydrogen-bond acceptors (Lipinski definition) is 0. The van der Waals surface area contributed by atoms with E-state index >= 15 is 0 Å². The Labute approximate surface area is 340 Å². The second-order valence-electron chi connectivity index (χ2n) is 17.0. The Morgan fingerprint density at radius 2 is 0.788 bits per heavy atom. The quantitative estimate of drug-likeness (QED) is 0.111. The summed E-state index contributed by atoms with van der Waals surface area (Å²) >= 11 is 0. The molecule has 0 fully saturated rings. The summed E-state index contributed by atoms with van der Waals surface area (Å²) in [6, 6.07) is 20.6. The molecule has 0 heterocycles. The Morgan fingerprint density at radius 3 is 0.962 bits per heavy atom. The van der Waals surface area contributed by atoms with Crippen molar-refractivity contribution in [1.29, 1.82) is 0 Å². The Kier molecular flexibility index (Phi) is 19.9. The molecule has 0 amide bonds. The molecular formula is C51H76Sn. The molecule has 0 spiro atoms. The van der Waals surface area contributed by atoms with Gasteiger partial charge in [0.2, 0.25) is 0 Å². The van der Waals surface area contributed by atoms with Crippen LogP contribution >= 0.6 is 0 Å². The fraction of sp³-hybridized carbons (Fsp3) is 0.549. The van der Waals surface area contributed by atoms with E-state index in [1.165, 1.54) is 103 Å². The SMILES string of the molecule is CC(C)c1cc(C(C)C)c(-c2[c-]c(-c3c(C(C)C)cc(C(C)C)cc3C(C)C)ccc2)c(C(C)C)c1.CCCCC.Cc1c(C)c(C)[c-](C)c1C.[Sn+2]. The van der Waals surface area contributed by atoms with Gasteiger partial charge in [0.15, 0.2) is 0 Å². The van der Waals surface area contributed by atoms with Gasteiger partial charge < -0.3 is 0 Å². The van der Waals surface area contributed by atoms with Crippen molar-refractivity contribution >= 4 is 23.9 Å². The van der Waals surface area contributed by atoms with Crippen LogP contribution < -0.4 is 0 Å². The van der Waals surface area contributed by atoms with Crippen molar-refractivity contribution in [3.8, 4) is 22.3 Å². The van der Waals surface area contributed by atoms with Crippen molar-refractivity contribution in [2.45, 2.75) is 186 Å². The van der Waals surface area contributed by atoms with Crippen LogP contribution in [0.15, 0.2) is 42.5 Å². The molecule has 0 aromatic heterocycles. The fourth-order valence-electron chi connectivity index (χ4n) is 7.05. The molecule has 0 bridgehead atoms. The largest absolute Gasteiger partial charge is 2.00 e. The van der Waals surface area contributed by atoms with Gasteiger partial charge in [-0.1, -0.05) is 208 Å². The molecule has 0 aliphatic rings. The summed E-state index contributed by atoms with van der Waals surface area (Å²) in [4.78, 5) is 0. The normalized spacial score (nSPS) is 11.3. The Morgan fingerprint density at radius 1 is 0.500 bits per heavy atom. The van der Waals surface area contributed by atoms with Crippen molar-refractivity contribution in [3.05, 3.63) is 110 Å². The van der Waals surface area contributed by atoms with Crippen molar-refractivity contribution in [2.24, 2.45) is 0 Å². The summed E-state index contributed by atoms with van der Waals surface area (Å²) in [5.74, 6) is 2.86. The van der Waals surface area contributed by atoms with Crippen LogP contribution in [0.25, 0.3) is 22.3 Å². The smallest absolute Gasteiger partial charge is 0.196 e. The summed E-state index contributed by atoms with van der Waals surface area (Å²) in [7, 11) is 0. The van der Waals surface area contributed by atoms with E-state index < -0.39 is 0 Å². The molecular weight excluding hydrogens is 731 g/mol. The van der Waals surface area contributed by atoms with Crippen LogP contribution in [0.3, 0.4) is 0 Å². The summed E-state index contributed by atoms with van der Waals surface area (Å²) in [6.45, 7) is 43.3. The van der Waals surface area contributed by atoms with Crippen LogP contribution in [0.5, 0.6) is 0 Å². The van der Waals surface area contributed by atoms with E-state index in [-0.39, 0.29) is 23.9 Å². The van der Waals surface area contributed by atoms with Crippen LogP contribution in [-0.4, -0.2) is 23.9 Å². The van der Waals surface area contributed by atoms with Crippen LogP contribution in [-0.2, 0) is 0 Å². The van der Waals surface area contributed by atoms with Crippen LogP contribution in [0.4, 0.5) is 0 Å². The van der Waals surface area contributed by atoms with Crippen LogP contribution in [0.1, 0.15) is 213 Å². The summed E-state index contributed by atoms with van der Waals surface area (Å²) in [6.07, 6.45) is 4.08. The van der Waals surface area contributed by atoms with Gasteiger partial charge in [0.25, 0.3) is 0 Å². The van der Waals surface area contributed by atoms with Gasteiger partial charge in [-0.15, -0.1) is 35.4 Å². The van der Waals surface area contributed by atoms with Gasteiger partial charge in [0.05, 0.1) is 0 Å². The van der Waals surface area contributed by atoms with Gasteiger partial charge in [-0.25, -0.2) is 0 Å². The topological polar surface area (TPSA) is 0 Å². The molecule has 0 nitrogen and oxygen atoms in total. The van der Waals surface area contributed by atoms with Gasteiger partial charge in [0, 0.05) is 0 Å². The standard InChI is InChI=1S/C36H49.C10H15.C5H12.Sn/c1-21(2)29-17-31(23(5)6)35(32(18-29)24(7)8)27-14-13-15-28(16-27)36-33(25(9)10)19-30(22(3)4)20-34(36)26(11)12;1-6-7(2)9(4)10(5)8(6)3;1-3-5-4-2;/h13-15,17-26H,1-12H3;1-5H3;3-5H2,1-2H3;/q2*-1;;+2. The first-order valence-corrected chi connectivity index (χ1v) is 20.4. The number of hydrogen-bond donors (Lipinski definition) is 0. The monoisotopic (exact) mass is 808 g/mol. The second kappa shape index (κ2) is 21.6. The molecule has 1 heteroatoms. The van der Waals surface area contributed by atoms with Crippen LogP contribution in [0.2, 0.25) is 0 Å².